The van der Waals surface area contributed by atoms with Crippen molar-refractivity contribution in [3.05, 3.63) is 23.3 Å². The van der Waals surface area contributed by atoms with Gasteiger partial charge in [-0.15, -0.1) is 0 Å². The lowest BCUT2D eigenvalue weighted by Gasteiger charge is -2.21. The van der Waals surface area contributed by atoms with Crippen molar-refractivity contribution in [3.63, 3.8) is 0 Å². The summed E-state index contributed by atoms with van der Waals surface area (Å²) in [6.07, 6.45) is 10.0. The molecule has 1 heterocycles. The molecule has 98 valence electrons. The SMILES string of the molecule is OB(O)C1CCCC2C(C1)OC1C=CC(Cl)=CC12. The number of hydrogen-bond donors (Lipinski definition) is 2. The highest BCUT2D eigenvalue weighted by atomic mass is 35.5. The monoisotopic (exact) mass is 268 g/mol. The fraction of sp³-hybridized carbons (Fsp3) is 0.692. The third-order valence-electron chi connectivity index (χ3n) is 4.55. The molecule has 3 nitrogen and oxygen atoms in total. The first kappa shape index (κ1) is 12.7. The number of halogens is 1. The van der Waals surface area contributed by atoms with E-state index >= 15 is 0 Å². The predicted molar refractivity (Wildman–Crippen MR) is 71.1 cm³/mol. The zero-order valence-electron chi connectivity index (χ0n) is 10.2. The van der Waals surface area contributed by atoms with Crippen LogP contribution in [-0.4, -0.2) is 29.4 Å². The Morgan fingerprint density at radius 1 is 1.33 bits per heavy atom. The minimum absolute atomic E-state index is 0.0522. The van der Waals surface area contributed by atoms with Crippen LogP contribution in [0.2, 0.25) is 5.82 Å². The summed E-state index contributed by atoms with van der Waals surface area (Å²) in [5.74, 6) is 0.781. The molecule has 0 aromatic heterocycles. The van der Waals surface area contributed by atoms with E-state index in [1.807, 2.05) is 12.2 Å². The second-order valence-electron chi connectivity index (χ2n) is 5.63. The van der Waals surface area contributed by atoms with Crippen LogP contribution in [0.4, 0.5) is 0 Å². The van der Waals surface area contributed by atoms with Crippen molar-refractivity contribution in [2.45, 2.75) is 43.7 Å². The number of fused-ring (bicyclic) bond motifs is 3. The van der Waals surface area contributed by atoms with Gasteiger partial charge in [0.1, 0.15) is 0 Å². The standard InChI is InChI=1S/C13H18BClO3/c15-9-4-5-12-11(7-9)10-3-1-2-8(14(16)17)6-13(10)18-12/h4-5,7-8,10-13,16-17H,1-3,6H2. The van der Waals surface area contributed by atoms with Gasteiger partial charge < -0.3 is 14.8 Å². The van der Waals surface area contributed by atoms with Crippen LogP contribution in [-0.2, 0) is 4.74 Å². The molecule has 1 saturated carbocycles. The lowest BCUT2D eigenvalue weighted by molar-refractivity contribution is 0.0489. The third kappa shape index (κ3) is 2.27. The second-order valence-corrected chi connectivity index (χ2v) is 6.07. The van der Waals surface area contributed by atoms with Crippen LogP contribution in [0, 0.1) is 11.8 Å². The van der Waals surface area contributed by atoms with Crippen molar-refractivity contribution in [3.8, 4) is 0 Å². The molecule has 1 aliphatic heterocycles. The van der Waals surface area contributed by atoms with E-state index in [0.717, 1.165) is 30.7 Å². The van der Waals surface area contributed by atoms with E-state index in [2.05, 4.69) is 6.08 Å². The van der Waals surface area contributed by atoms with E-state index in [-0.39, 0.29) is 18.0 Å². The third-order valence-corrected chi connectivity index (χ3v) is 4.80. The summed E-state index contributed by atoms with van der Waals surface area (Å²) < 4.78 is 6.07. The summed E-state index contributed by atoms with van der Waals surface area (Å²) in [7, 11) is -1.22. The van der Waals surface area contributed by atoms with Gasteiger partial charge in [-0.25, -0.2) is 0 Å². The molecule has 0 bridgehead atoms. The minimum atomic E-state index is -1.22. The first-order valence-corrected chi connectivity index (χ1v) is 7.10. The van der Waals surface area contributed by atoms with Gasteiger partial charge in [0, 0.05) is 11.0 Å². The van der Waals surface area contributed by atoms with Crippen LogP contribution in [0.5, 0.6) is 0 Å². The zero-order valence-corrected chi connectivity index (χ0v) is 11.0. The molecule has 0 spiro atoms. The highest BCUT2D eigenvalue weighted by Crippen LogP contribution is 2.46. The molecule has 2 N–H and O–H groups in total. The van der Waals surface area contributed by atoms with Crippen molar-refractivity contribution in [2.75, 3.05) is 0 Å². The van der Waals surface area contributed by atoms with Gasteiger partial charge in [0.15, 0.2) is 0 Å². The summed E-state index contributed by atoms with van der Waals surface area (Å²) in [4.78, 5) is 0. The molecule has 0 aromatic carbocycles. The maximum Gasteiger partial charge on any atom is 0.454 e. The maximum absolute atomic E-state index is 9.38. The zero-order chi connectivity index (χ0) is 12.7. The van der Waals surface area contributed by atoms with Crippen molar-refractivity contribution in [2.24, 2.45) is 11.8 Å². The fourth-order valence-corrected chi connectivity index (χ4v) is 3.83. The molecule has 5 heteroatoms. The minimum Gasteiger partial charge on any atom is -0.427 e. The maximum atomic E-state index is 9.38. The first-order valence-electron chi connectivity index (χ1n) is 6.72. The van der Waals surface area contributed by atoms with Gasteiger partial charge in [0.05, 0.1) is 12.2 Å². The molecule has 5 atom stereocenters. The number of rotatable bonds is 1. The molecule has 0 amide bonds. The molecule has 0 aromatic rings. The van der Waals surface area contributed by atoms with Crippen LogP contribution in [0.15, 0.2) is 23.3 Å². The number of allylic oxidation sites excluding steroid dienone is 2. The Kier molecular flexibility index (Phi) is 3.54. The lowest BCUT2D eigenvalue weighted by Crippen LogP contribution is -2.25. The Morgan fingerprint density at radius 2 is 2.17 bits per heavy atom. The smallest absolute Gasteiger partial charge is 0.427 e. The van der Waals surface area contributed by atoms with Gasteiger partial charge in [-0.05, 0) is 30.7 Å². The average Bonchev–Trinajstić information content (AvgIpc) is 2.54. The van der Waals surface area contributed by atoms with Crippen molar-refractivity contribution >= 4 is 18.7 Å². The van der Waals surface area contributed by atoms with Crippen LogP contribution < -0.4 is 0 Å². The Hall–Kier alpha value is -0.285. The van der Waals surface area contributed by atoms with Crippen LogP contribution in [0.3, 0.4) is 0 Å². The summed E-state index contributed by atoms with van der Waals surface area (Å²) in [5.41, 5.74) is 0. The Bertz CT molecular complexity index is 382. The van der Waals surface area contributed by atoms with Crippen molar-refractivity contribution in [1.29, 1.82) is 0 Å². The van der Waals surface area contributed by atoms with E-state index in [1.54, 1.807) is 0 Å². The van der Waals surface area contributed by atoms with Gasteiger partial charge >= 0.3 is 7.12 Å². The summed E-state index contributed by atoms with van der Waals surface area (Å²) >= 11 is 6.07. The fourth-order valence-electron chi connectivity index (χ4n) is 3.61. The molecule has 1 saturated heterocycles. The van der Waals surface area contributed by atoms with Gasteiger partial charge in [0.2, 0.25) is 0 Å². The van der Waals surface area contributed by atoms with Gasteiger partial charge in [-0.2, -0.15) is 0 Å². The van der Waals surface area contributed by atoms with E-state index in [4.69, 9.17) is 16.3 Å². The number of hydrogen-bond acceptors (Lipinski definition) is 3. The van der Waals surface area contributed by atoms with E-state index < -0.39 is 7.12 Å². The molecule has 0 radical (unpaired) electrons. The highest BCUT2D eigenvalue weighted by Gasteiger charge is 2.46. The largest absolute Gasteiger partial charge is 0.454 e. The Balaban J connectivity index is 1.78. The predicted octanol–water partition coefficient (Wildman–Crippen LogP) is 2.10. The molecular formula is C13H18BClO3. The molecule has 5 unspecified atom stereocenters. The summed E-state index contributed by atoms with van der Waals surface area (Å²) in [6, 6.07) is 0. The molecule has 3 aliphatic rings. The van der Waals surface area contributed by atoms with E-state index in [0.29, 0.717) is 11.8 Å². The summed E-state index contributed by atoms with van der Waals surface area (Å²) in [5, 5.41) is 19.5. The average molecular weight is 269 g/mol. The van der Waals surface area contributed by atoms with Crippen LogP contribution >= 0.6 is 11.6 Å². The van der Waals surface area contributed by atoms with Crippen LogP contribution in [0.25, 0.3) is 0 Å². The summed E-state index contributed by atoms with van der Waals surface area (Å²) in [6.45, 7) is 0. The van der Waals surface area contributed by atoms with E-state index in [1.165, 1.54) is 0 Å². The second kappa shape index (κ2) is 5.01. The Labute approximate surface area is 113 Å². The first-order chi connectivity index (χ1) is 8.65. The van der Waals surface area contributed by atoms with Crippen LogP contribution in [0.1, 0.15) is 25.7 Å². The van der Waals surface area contributed by atoms with Gasteiger partial charge in [0.25, 0.3) is 0 Å². The molecule has 2 aliphatic carbocycles. The Morgan fingerprint density at radius 3 is 2.94 bits per heavy atom. The van der Waals surface area contributed by atoms with Crippen molar-refractivity contribution in [1.82, 2.24) is 0 Å². The van der Waals surface area contributed by atoms with Crippen molar-refractivity contribution < 1.29 is 14.8 Å². The lowest BCUT2D eigenvalue weighted by atomic mass is 9.68. The molecule has 18 heavy (non-hydrogen) atoms. The number of ether oxygens (including phenoxy) is 1. The van der Waals surface area contributed by atoms with Gasteiger partial charge in [-0.1, -0.05) is 36.6 Å². The molecular weight excluding hydrogens is 250 g/mol. The molecule has 2 fully saturated rings. The highest BCUT2D eigenvalue weighted by molar-refractivity contribution is 6.43. The normalized spacial score (nSPS) is 42.8. The van der Waals surface area contributed by atoms with Gasteiger partial charge in [-0.3, -0.25) is 0 Å². The van der Waals surface area contributed by atoms with E-state index in [9.17, 15) is 10.0 Å². The topological polar surface area (TPSA) is 49.7 Å². The quantitative estimate of drug-likeness (QED) is 0.716. The molecule has 3 rings (SSSR count).